The van der Waals surface area contributed by atoms with Gasteiger partial charge in [0.1, 0.15) is 5.75 Å². The van der Waals surface area contributed by atoms with Crippen LogP contribution in [-0.4, -0.2) is 45.1 Å². The van der Waals surface area contributed by atoms with Crippen molar-refractivity contribution in [2.75, 3.05) is 31.3 Å². The molecule has 0 bridgehead atoms. The number of aromatic nitrogens is 4. The first-order valence-electron chi connectivity index (χ1n) is 10.7. The van der Waals surface area contributed by atoms with E-state index in [4.69, 9.17) is 14.5 Å². The molecule has 0 unspecified atom stereocenters. The third-order valence-electron chi connectivity index (χ3n) is 5.56. The first-order valence-corrected chi connectivity index (χ1v) is 10.7. The Morgan fingerprint density at radius 1 is 1.10 bits per heavy atom. The molecule has 0 fully saturated rings. The fraction of sp³-hybridized carbons (Fsp3) is 0.500. The number of anilines is 2. The molecule has 0 amide bonds. The zero-order valence-electron chi connectivity index (χ0n) is 18.5. The zero-order valence-corrected chi connectivity index (χ0v) is 18.5. The van der Waals surface area contributed by atoms with Crippen LogP contribution in [0.15, 0.2) is 33.9 Å². The fourth-order valence-electron chi connectivity index (χ4n) is 4.11. The molecule has 1 atom stereocenters. The fourth-order valence-corrected chi connectivity index (χ4v) is 4.11. The molecule has 9 heteroatoms. The Labute approximate surface area is 180 Å². The van der Waals surface area contributed by atoms with E-state index < -0.39 is 0 Å². The van der Waals surface area contributed by atoms with Gasteiger partial charge in [-0.2, -0.15) is 4.98 Å². The van der Waals surface area contributed by atoms with Crippen LogP contribution in [-0.2, 0) is 24.9 Å². The Balaban J connectivity index is 1.85. The van der Waals surface area contributed by atoms with Crippen molar-refractivity contribution in [3.63, 3.8) is 0 Å². The second-order valence-electron chi connectivity index (χ2n) is 7.83. The van der Waals surface area contributed by atoms with E-state index in [0.29, 0.717) is 49.4 Å². The molecule has 1 aromatic carbocycles. The van der Waals surface area contributed by atoms with Crippen molar-refractivity contribution in [1.82, 2.24) is 18.7 Å². The van der Waals surface area contributed by atoms with E-state index in [1.807, 2.05) is 42.7 Å². The zero-order chi connectivity index (χ0) is 22.1. The van der Waals surface area contributed by atoms with Crippen molar-refractivity contribution in [2.24, 2.45) is 13.0 Å². The van der Waals surface area contributed by atoms with E-state index in [2.05, 4.69) is 11.8 Å². The molecule has 1 aliphatic heterocycles. The van der Waals surface area contributed by atoms with Gasteiger partial charge in [0, 0.05) is 32.4 Å². The van der Waals surface area contributed by atoms with Crippen LogP contribution in [0, 0.1) is 5.92 Å². The normalized spacial score (nSPS) is 16.0. The molecule has 3 aromatic rings. The summed E-state index contributed by atoms with van der Waals surface area (Å²) in [7, 11) is 1.66. The lowest BCUT2D eigenvalue weighted by Gasteiger charge is -2.33. The van der Waals surface area contributed by atoms with Gasteiger partial charge in [0.25, 0.3) is 5.56 Å². The highest BCUT2D eigenvalue weighted by molar-refractivity contribution is 5.77. The molecule has 0 aliphatic carbocycles. The van der Waals surface area contributed by atoms with Crippen LogP contribution in [0.25, 0.3) is 11.2 Å². The summed E-state index contributed by atoms with van der Waals surface area (Å²) in [6.45, 7) is 9.09. The summed E-state index contributed by atoms with van der Waals surface area (Å²) in [5.41, 5.74) is 1.12. The van der Waals surface area contributed by atoms with Crippen LogP contribution < -0.4 is 20.9 Å². The largest absolute Gasteiger partial charge is 0.494 e. The summed E-state index contributed by atoms with van der Waals surface area (Å²) in [5.74, 6) is 1.78. The molecule has 1 aliphatic rings. The van der Waals surface area contributed by atoms with Crippen LogP contribution in [0.2, 0.25) is 0 Å². The summed E-state index contributed by atoms with van der Waals surface area (Å²) in [5, 5.41) is 0. The molecule has 4 rings (SSSR count). The highest BCUT2D eigenvalue weighted by Gasteiger charge is 2.29. The molecule has 0 radical (unpaired) electrons. The number of hydrogen-bond acceptors (Lipinski definition) is 6. The first-order chi connectivity index (χ1) is 15.0. The maximum absolute atomic E-state index is 13.3. The Hall–Kier alpha value is -3.07. The van der Waals surface area contributed by atoms with Gasteiger partial charge in [-0.15, -0.1) is 0 Å². The summed E-state index contributed by atoms with van der Waals surface area (Å²) in [4.78, 5) is 32.9. The summed E-state index contributed by atoms with van der Waals surface area (Å²) in [6, 6.07) is 7.85. The average Bonchev–Trinajstić information content (AvgIpc) is 3.14. The summed E-state index contributed by atoms with van der Waals surface area (Å²) in [6.07, 6.45) is 0. The summed E-state index contributed by atoms with van der Waals surface area (Å²) >= 11 is 0. The number of aryl methyl sites for hydroxylation is 1. The van der Waals surface area contributed by atoms with Crippen LogP contribution in [0.3, 0.4) is 0 Å². The number of imidazole rings is 1. The van der Waals surface area contributed by atoms with Crippen LogP contribution in [0.4, 0.5) is 11.6 Å². The minimum atomic E-state index is -0.381. The molecule has 0 N–H and O–H groups in total. The number of fused-ring (bicyclic) bond motifs is 3. The van der Waals surface area contributed by atoms with Gasteiger partial charge in [0.05, 0.1) is 19.8 Å². The maximum Gasteiger partial charge on any atom is 0.332 e. The van der Waals surface area contributed by atoms with E-state index in [9.17, 15) is 9.59 Å². The number of benzene rings is 1. The van der Waals surface area contributed by atoms with Crippen LogP contribution in [0.5, 0.6) is 5.75 Å². The Kier molecular flexibility index (Phi) is 5.86. The standard InChI is InChI=1S/C22H29N5O4/c1-5-30-12-11-25-20(28)18-19(24(4)22(25)29)23-21-26(13-15(3)14-27(18)21)16-7-9-17(10-8-16)31-6-2/h7-10,15H,5-6,11-14H2,1-4H3/t15-/m0/s1. The number of hydrogen-bond donors (Lipinski definition) is 0. The van der Waals surface area contributed by atoms with Crippen molar-refractivity contribution in [1.29, 1.82) is 0 Å². The lowest BCUT2D eigenvalue weighted by Crippen LogP contribution is -2.41. The molecule has 0 spiro atoms. The SMILES string of the molecule is CCOCCn1c(=O)c2c(nc3n2C[C@@H](C)CN3c2ccc(OCC)cc2)n(C)c1=O. The van der Waals surface area contributed by atoms with Crippen molar-refractivity contribution in [2.45, 2.75) is 33.9 Å². The summed E-state index contributed by atoms with van der Waals surface area (Å²) < 4.78 is 15.6. The monoisotopic (exact) mass is 427 g/mol. The predicted molar refractivity (Wildman–Crippen MR) is 120 cm³/mol. The van der Waals surface area contributed by atoms with Crippen LogP contribution >= 0.6 is 0 Å². The van der Waals surface area contributed by atoms with E-state index in [1.54, 1.807) is 7.05 Å². The van der Waals surface area contributed by atoms with Crippen molar-refractivity contribution < 1.29 is 9.47 Å². The molecule has 3 heterocycles. The van der Waals surface area contributed by atoms with E-state index in [-0.39, 0.29) is 17.8 Å². The number of nitrogens with zero attached hydrogens (tertiary/aromatic N) is 5. The number of ether oxygens (including phenoxy) is 2. The molecule has 2 aromatic heterocycles. The molecule has 0 saturated heterocycles. The minimum Gasteiger partial charge on any atom is -0.494 e. The molecular formula is C22H29N5O4. The van der Waals surface area contributed by atoms with Gasteiger partial charge in [0.15, 0.2) is 11.2 Å². The van der Waals surface area contributed by atoms with Gasteiger partial charge in [0.2, 0.25) is 5.95 Å². The second kappa shape index (κ2) is 8.58. The van der Waals surface area contributed by atoms with E-state index in [1.165, 1.54) is 9.13 Å². The Bertz CT molecular complexity index is 1190. The molecule has 166 valence electrons. The Morgan fingerprint density at radius 3 is 2.52 bits per heavy atom. The first kappa shape index (κ1) is 21.2. The quantitative estimate of drug-likeness (QED) is 0.537. The third-order valence-corrected chi connectivity index (χ3v) is 5.56. The molecule has 9 nitrogen and oxygen atoms in total. The molecule has 31 heavy (non-hydrogen) atoms. The van der Waals surface area contributed by atoms with Gasteiger partial charge in [-0.1, -0.05) is 6.92 Å². The second-order valence-corrected chi connectivity index (χ2v) is 7.83. The minimum absolute atomic E-state index is 0.216. The topological polar surface area (TPSA) is 83.5 Å². The maximum atomic E-state index is 13.3. The van der Waals surface area contributed by atoms with E-state index >= 15 is 0 Å². The lowest BCUT2D eigenvalue weighted by molar-refractivity contribution is 0.137. The smallest absolute Gasteiger partial charge is 0.332 e. The molecule has 0 saturated carbocycles. The van der Waals surface area contributed by atoms with Crippen LogP contribution in [0.1, 0.15) is 20.8 Å². The Morgan fingerprint density at radius 2 is 1.84 bits per heavy atom. The van der Waals surface area contributed by atoms with E-state index in [0.717, 1.165) is 18.0 Å². The third kappa shape index (κ3) is 3.74. The number of rotatable bonds is 7. The van der Waals surface area contributed by atoms with Gasteiger partial charge in [-0.25, -0.2) is 4.79 Å². The van der Waals surface area contributed by atoms with Crippen molar-refractivity contribution >= 4 is 22.8 Å². The highest BCUT2D eigenvalue weighted by Crippen LogP contribution is 2.33. The van der Waals surface area contributed by atoms with Gasteiger partial charge in [-0.3, -0.25) is 13.9 Å². The van der Waals surface area contributed by atoms with Gasteiger partial charge < -0.3 is 18.9 Å². The average molecular weight is 428 g/mol. The van der Waals surface area contributed by atoms with Gasteiger partial charge >= 0.3 is 5.69 Å². The lowest BCUT2D eigenvalue weighted by atomic mass is 10.1. The predicted octanol–water partition coefficient (Wildman–Crippen LogP) is 2.12. The van der Waals surface area contributed by atoms with Crippen molar-refractivity contribution in [3.8, 4) is 5.75 Å². The molecular weight excluding hydrogens is 398 g/mol. The van der Waals surface area contributed by atoms with Gasteiger partial charge in [-0.05, 0) is 44.0 Å². The van der Waals surface area contributed by atoms with Crippen molar-refractivity contribution in [3.05, 3.63) is 45.1 Å². The highest BCUT2D eigenvalue weighted by atomic mass is 16.5.